The van der Waals surface area contributed by atoms with Gasteiger partial charge < -0.3 is 13.9 Å². The van der Waals surface area contributed by atoms with Crippen molar-refractivity contribution in [3.8, 4) is 17.2 Å². The third-order valence-electron chi connectivity index (χ3n) is 5.06. The minimum Gasteiger partial charge on any atom is -0.454 e. The minimum atomic E-state index is -0.511. The zero-order chi connectivity index (χ0) is 21.2. The zero-order valence-corrected chi connectivity index (χ0v) is 16.2. The van der Waals surface area contributed by atoms with E-state index < -0.39 is 11.9 Å². The molecule has 0 saturated heterocycles. The summed E-state index contributed by atoms with van der Waals surface area (Å²) in [6, 6.07) is 21.2. The largest absolute Gasteiger partial charge is 0.454 e. The number of hydrogen-bond acceptors (Lipinski definition) is 7. The lowest BCUT2D eigenvalue weighted by Gasteiger charge is -2.25. The Morgan fingerprint density at radius 2 is 1.81 bits per heavy atom. The lowest BCUT2D eigenvalue weighted by atomic mass is 9.93. The number of hydrogen-bond donors (Lipinski definition) is 0. The maximum Gasteiger partial charge on any atom is 0.343 e. The summed E-state index contributed by atoms with van der Waals surface area (Å²) < 4.78 is 16.2. The van der Waals surface area contributed by atoms with Crippen LogP contribution < -0.4 is 4.74 Å². The molecule has 1 aromatic heterocycles. The van der Waals surface area contributed by atoms with Crippen molar-refractivity contribution in [1.82, 2.24) is 10.2 Å². The van der Waals surface area contributed by atoms with Crippen molar-refractivity contribution >= 4 is 11.9 Å². The van der Waals surface area contributed by atoms with Crippen LogP contribution in [0.2, 0.25) is 0 Å². The van der Waals surface area contributed by atoms with E-state index in [4.69, 9.17) is 13.9 Å². The van der Waals surface area contributed by atoms with Gasteiger partial charge in [0.1, 0.15) is 11.9 Å². The summed E-state index contributed by atoms with van der Waals surface area (Å²) in [5.74, 6) is -0.143. The van der Waals surface area contributed by atoms with Crippen molar-refractivity contribution < 1.29 is 23.5 Å². The highest BCUT2D eigenvalue weighted by Gasteiger charge is 2.28. The van der Waals surface area contributed by atoms with Gasteiger partial charge in [-0.25, -0.2) is 9.59 Å². The maximum absolute atomic E-state index is 12.7. The van der Waals surface area contributed by atoms with Gasteiger partial charge >= 0.3 is 11.9 Å². The van der Waals surface area contributed by atoms with Crippen LogP contribution in [0.3, 0.4) is 0 Å². The summed E-state index contributed by atoms with van der Waals surface area (Å²) in [6.07, 6.45) is 1.35. The Kier molecular flexibility index (Phi) is 4.76. The molecule has 0 unspecified atom stereocenters. The molecule has 7 nitrogen and oxygen atoms in total. The summed E-state index contributed by atoms with van der Waals surface area (Å²) in [5, 5.41) is 7.48. The fourth-order valence-corrected chi connectivity index (χ4v) is 3.51. The summed E-state index contributed by atoms with van der Waals surface area (Å²) in [6.45, 7) is 0. The normalized spacial score (nSPS) is 15.1. The number of nitrogens with zero attached hydrogens (tertiary/aromatic N) is 2. The van der Waals surface area contributed by atoms with Crippen LogP contribution in [0.4, 0.5) is 0 Å². The van der Waals surface area contributed by atoms with Crippen LogP contribution in [0.1, 0.15) is 37.9 Å². The third-order valence-corrected chi connectivity index (χ3v) is 5.06. The molecule has 1 aliphatic heterocycles. The quantitative estimate of drug-likeness (QED) is 0.362. The van der Waals surface area contributed by atoms with Crippen molar-refractivity contribution in [2.75, 3.05) is 0 Å². The number of ether oxygens (including phenoxy) is 2. The van der Waals surface area contributed by atoms with Gasteiger partial charge in [-0.3, -0.25) is 0 Å². The van der Waals surface area contributed by atoms with Crippen molar-refractivity contribution in [1.29, 1.82) is 0 Å². The molecule has 0 saturated carbocycles. The van der Waals surface area contributed by atoms with E-state index in [1.54, 1.807) is 42.5 Å². The third kappa shape index (κ3) is 3.81. The van der Waals surface area contributed by atoms with Crippen LogP contribution in [-0.4, -0.2) is 22.1 Å². The summed E-state index contributed by atoms with van der Waals surface area (Å²) in [7, 11) is 0. The number of fused-ring (bicyclic) bond motifs is 1. The Morgan fingerprint density at radius 1 is 1.00 bits per heavy atom. The second kappa shape index (κ2) is 7.87. The molecule has 152 valence electrons. The second-order valence-corrected chi connectivity index (χ2v) is 7.04. The predicted octanol–water partition coefficient (Wildman–Crippen LogP) is 4.41. The van der Waals surface area contributed by atoms with Gasteiger partial charge in [0, 0.05) is 12.0 Å². The van der Waals surface area contributed by atoms with Gasteiger partial charge in [0.15, 0.2) is 0 Å². The van der Waals surface area contributed by atoms with Gasteiger partial charge in [0.2, 0.25) is 12.3 Å². The van der Waals surface area contributed by atoms with E-state index in [9.17, 15) is 9.59 Å². The van der Waals surface area contributed by atoms with E-state index >= 15 is 0 Å². The van der Waals surface area contributed by atoms with Gasteiger partial charge in [0.25, 0.3) is 0 Å². The summed E-state index contributed by atoms with van der Waals surface area (Å²) >= 11 is 0. The van der Waals surface area contributed by atoms with Gasteiger partial charge in [-0.1, -0.05) is 30.3 Å². The molecule has 1 aliphatic rings. The van der Waals surface area contributed by atoms with Crippen LogP contribution in [0.15, 0.2) is 83.6 Å². The highest BCUT2D eigenvalue weighted by atomic mass is 16.5. The smallest absolute Gasteiger partial charge is 0.343 e. The van der Waals surface area contributed by atoms with E-state index in [0.717, 1.165) is 16.7 Å². The number of cyclic esters (lactones) is 1. The number of rotatable bonds is 4. The zero-order valence-electron chi connectivity index (χ0n) is 16.2. The molecule has 0 bridgehead atoms. The molecule has 31 heavy (non-hydrogen) atoms. The second-order valence-electron chi connectivity index (χ2n) is 7.04. The van der Waals surface area contributed by atoms with Crippen LogP contribution in [0, 0.1) is 0 Å². The molecule has 0 aliphatic carbocycles. The monoisotopic (exact) mass is 412 g/mol. The molecule has 5 rings (SSSR count). The lowest BCUT2D eigenvalue weighted by Crippen LogP contribution is -2.22. The van der Waals surface area contributed by atoms with E-state index in [1.165, 1.54) is 6.39 Å². The SMILES string of the molecule is O=C(Oc1ccc(-c2nnco2)cc1)c1ccc2c(c1)C[C@@H](c1ccccc1)OC2=O. The molecule has 1 atom stereocenters. The highest BCUT2D eigenvalue weighted by molar-refractivity contribution is 5.96. The predicted molar refractivity (Wildman–Crippen MR) is 109 cm³/mol. The average molecular weight is 412 g/mol. The molecule has 7 heteroatoms. The number of aromatic nitrogens is 2. The van der Waals surface area contributed by atoms with E-state index in [2.05, 4.69) is 10.2 Å². The van der Waals surface area contributed by atoms with E-state index in [1.807, 2.05) is 30.3 Å². The molecule has 3 aromatic carbocycles. The number of esters is 2. The molecular weight excluding hydrogens is 396 g/mol. The average Bonchev–Trinajstić information content (AvgIpc) is 3.35. The van der Waals surface area contributed by atoms with Crippen molar-refractivity contribution in [2.24, 2.45) is 0 Å². The molecule has 0 amide bonds. The molecule has 0 N–H and O–H groups in total. The summed E-state index contributed by atoms with van der Waals surface area (Å²) in [5.41, 5.74) is 3.22. The molecule has 0 fully saturated rings. The Bertz CT molecular complexity index is 1230. The van der Waals surface area contributed by atoms with Gasteiger partial charge in [-0.05, 0) is 53.6 Å². The maximum atomic E-state index is 12.7. The first-order valence-corrected chi connectivity index (χ1v) is 9.65. The topological polar surface area (TPSA) is 91.5 Å². The Morgan fingerprint density at radius 3 is 2.55 bits per heavy atom. The van der Waals surface area contributed by atoms with Crippen LogP contribution in [0.25, 0.3) is 11.5 Å². The van der Waals surface area contributed by atoms with Gasteiger partial charge in [-0.15, -0.1) is 10.2 Å². The first-order chi connectivity index (χ1) is 15.2. The number of carbonyl (C=O) groups is 2. The molecule has 4 aromatic rings. The van der Waals surface area contributed by atoms with Crippen LogP contribution >= 0.6 is 0 Å². The Hall–Kier alpha value is -4.26. The van der Waals surface area contributed by atoms with Crippen molar-refractivity contribution in [2.45, 2.75) is 12.5 Å². The highest BCUT2D eigenvalue weighted by Crippen LogP contribution is 2.31. The van der Waals surface area contributed by atoms with E-state index in [-0.39, 0.29) is 6.10 Å². The summed E-state index contributed by atoms with van der Waals surface area (Å²) in [4.78, 5) is 25.1. The number of benzene rings is 3. The fraction of sp³-hybridized carbons (Fsp3) is 0.0833. The van der Waals surface area contributed by atoms with E-state index in [0.29, 0.717) is 29.2 Å². The molecular formula is C24H16N2O5. The van der Waals surface area contributed by atoms with Crippen molar-refractivity contribution in [3.63, 3.8) is 0 Å². The molecule has 2 heterocycles. The molecule has 0 radical (unpaired) electrons. The van der Waals surface area contributed by atoms with Gasteiger partial charge in [-0.2, -0.15) is 0 Å². The first-order valence-electron chi connectivity index (χ1n) is 9.65. The fourth-order valence-electron chi connectivity index (χ4n) is 3.51. The lowest BCUT2D eigenvalue weighted by molar-refractivity contribution is 0.0252. The Labute approximate surface area is 177 Å². The standard InChI is InChI=1S/C24H16N2O5/c27-23(30-19-9-6-16(7-10-19)22-26-25-14-29-22)17-8-11-20-18(12-17)13-21(31-24(20)28)15-4-2-1-3-5-15/h1-12,14,21H,13H2/t21-/m0/s1. The number of carbonyl (C=O) groups excluding carboxylic acids is 2. The first kappa shape index (κ1) is 18.7. The molecule has 0 spiro atoms. The van der Waals surface area contributed by atoms with Gasteiger partial charge in [0.05, 0.1) is 11.1 Å². The van der Waals surface area contributed by atoms with Crippen LogP contribution in [-0.2, 0) is 11.2 Å². The Balaban J connectivity index is 1.34. The minimum absolute atomic E-state index is 0.362. The van der Waals surface area contributed by atoms with Crippen molar-refractivity contribution in [3.05, 3.63) is 101 Å². The van der Waals surface area contributed by atoms with Crippen LogP contribution in [0.5, 0.6) is 5.75 Å².